The Morgan fingerprint density at radius 1 is 1.36 bits per heavy atom. The summed E-state index contributed by atoms with van der Waals surface area (Å²) in [6.07, 6.45) is 0.624. The molecule has 0 saturated heterocycles. The van der Waals surface area contributed by atoms with E-state index in [0.717, 1.165) is 12.0 Å². The van der Waals surface area contributed by atoms with Crippen molar-refractivity contribution in [3.63, 3.8) is 0 Å². The van der Waals surface area contributed by atoms with Crippen LogP contribution in [0.3, 0.4) is 0 Å². The number of anilines is 1. The van der Waals surface area contributed by atoms with Gasteiger partial charge in [-0.1, -0.05) is 24.6 Å². The molecule has 22 heavy (non-hydrogen) atoms. The van der Waals surface area contributed by atoms with Gasteiger partial charge in [-0.2, -0.15) is 0 Å². The first kappa shape index (κ1) is 16.5. The average molecular weight is 341 g/mol. The van der Waals surface area contributed by atoms with Crippen LogP contribution in [0.15, 0.2) is 38.9 Å². The van der Waals surface area contributed by atoms with Crippen molar-refractivity contribution in [2.75, 3.05) is 12.4 Å². The molecule has 0 spiro atoms. The molecular weight excluding hydrogens is 327 g/mol. The van der Waals surface area contributed by atoms with Crippen molar-refractivity contribution in [3.8, 4) is 0 Å². The normalized spacial score (nSPS) is 14.9. The van der Waals surface area contributed by atoms with Gasteiger partial charge < -0.3 is 4.74 Å². The fourth-order valence-corrected chi connectivity index (χ4v) is 2.36. The maximum Gasteiger partial charge on any atom is 0.412 e. The monoisotopic (exact) mass is 340 g/mol. The fourth-order valence-electron chi connectivity index (χ4n) is 1.85. The number of nitrogens with zero attached hydrogens (tertiary/aromatic N) is 3. The van der Waals surface area contributed by atoms with Gasteiger partial charge in [0.15, 0.2) is 0 Å². The number of hydrogen-bond acceptors (Lipinski definition) is 5. The predicted molar refractivity (Wildman–Crippen MR) is 87.9 cm³/mol. The van der Waals surface area contributed by atoms with Crippen LogP contribution in [0.5, 0.6) is 0 Å². The maximum atomic E-state index is 11.2. The summed E-state index contributed by atoms with van der Waals surface area (Å²) in [7, 11) is 1.28. The number of aliphatic imine (C=N–C) groups is 2. The first-order valence-corrected chi connectivity index (χ1v) is 7.30. The van der Waals surface area contributed by atoms with Gasteiger partial charge in [0, 0.05) is 6.42 Å². The Morgan fingerprint density at radius 2 is 2.14 bits per heavy atom. The number of pyridine rings is 1. The third-order valence-electron chi connectivity index (χ3n) is 2.98. The lowest BCUT2D eigenvalue weighted by Crippen LogP contribution is -2.14. The smallest absolute Gasteiger partial charge is 0.412 e. The van der Waals surface area contributed by atoms with Gasteiger partial charge in [0.1, 0.15) is 11.0 Å². The van der Waals surface area contributed by atoms with Crippen LogP contribution in [-0.2, 0) is 4.74 Å². The highest BCUT2D eigenvalue weighted by molar-refractivity contribution is 6.66. The van der Waals surface area contributed by atoms with Gasteiger partial charge in [0.2, 0.25) is 5.29 Å². The second-order valence-electron chi connectivity index (χ2n) is 4.39. The number of amidine groups is 1. The van der Waals surface area contributed by atoms with E-state index in [2.05, 4.69) is 25.0 Å². The molecule has 0 atom stereocenters. The van der Waals surface area contributed by atoms with E-state index in [4.69, 9.17) is 23.2 Å². The van der Waals surface area contributed by atoms with Gasteiger partial charge in [0.05, 0.1) is 18.5 Å². The number of ether oxygens (including phenoxy) is 1. The molecule has 0 saturated carbocycles. The van der Waals surface area contributed by atoms with Crippen molar-refractivity contribution >= 4 is 46.1 Å². The molecule has 0 aliphatic carbocycles. The number of hydrogen-bond donors (Lipinski definition) is 1. The quantitative estimate of drug-likeness (QED) is 0.847. The zero-order chi connectivity index (χ0) is 16.1. The second kappa shape index (κ2) is 7.38. The highest BCUT2D eigenvalue weighted by atomic mass is 35.5. The topological polar surface area (TPSA) is 75.9 Å². The third kappa shape index (κ3) is 4.05. The minimum atomic E-state index is -0.593. The number of carbonyl (C=O) groups is 1. The Bertz CT molecular complexity index is 683. The number of methoxy groups -OCH3 is 1. The number of rotatable bonds is 3. The molecule has 116 valence electrons. The van der Waals surface area contributed by atoms with E-state index < -0.39 is 6.09 Å². The highest BCUT2D eigenvalue weighted by Crippen LogP contribution is 2.24. The van der Waals surface area contributed by atoms with Crippen LogP contribution < -0.4 is 5.32 Å². The molecule has 1 aliphatic rings. The van der Waals surface area contributed by atoms with Crippen LogP contribution in [-0.4, -0.2) is 29.2 Å². The van der Waals surface area contributed by atoms with E-state index >= 15 is 0 Å². The van der Waals surface area contributed by atoms with Crippen molar-refractivity contribution in [2.45, 2.75) is 19.8 Å². The number of allylic oxidation sites excluding steroid dienone is 1. The second-order valence-corrected chi connectivity index (χ2v) is 5.08. The summed E-state index contributed by atoms with van der Waals surface area (Å²) in [5.74, 6) is 0.359. The summed E-state index contributed by atoms with van der Waals surface area (Å²) >= 11 is 12.0. The van der Waals surface area contributed by atoms with Gasteiger partial charge in [-0.3, -0.25) is 5.32 Å². The van der Waals surface area contributed by atoms with Crippen molar-refractivity contribution in [1.29, 1.82) is 0 Å². The molecule has 6 nitrogen and oxygen atoms in total. The van der Waals surface area contributed by atoms with Crippen LogP contribution in [0.2, 0.25) is 0 Å². The summed E-state index contributed by atoms with van der Waals surface area (Å²) in [5.41, 5.74) is 2.14. The lowest BCUT2D eigenvalue weighted by atomic mass is 10.0. The summed E-state index contributed by atoms with van der Waals surface area (Å²) in [5, 5.41) is 2.91. The lowest BCUT2D eigenvalue weighted by Gasteiger charge is -2.08. The van der Waals surface area contributed by atoms with Gasteiger partial charge >= 0.3 is 6.09 Å². The van der Waals surface area contributed by atoms with E-state index in [1.54, 1.807) is 18.2 Å². The molecule has 2 heterocycles. The molecule has 1 aromatic rings. The number of amides is 1. The van der Waals surface area contributed by atoms with Gasteiger partial charge in [-0.25, -0.2) is 19.8 Å². The minimum Gasteiger partial charge on any atom is -0.453 e. The van der Waals surface area contributed by atoms with Crippen LogP contribution >= 0.6 is 23.2 Å². The number of nitrogens with one attached hydrogen (secondary N) is 1. The van der Waals surface area contributed by atoms with E-state index in [-0.39, 0.29) is 5.29 Å². The SMILES string of the molecule is CCC1=C(Cl)N=C(Cl)N=C(c2cccc(NC(=O)OC)n2)C1. The van der Waals surface area contributed by atoms with Crippen molar-refractivity contribution in [1.82, 2.24) is 4.98 Å². The Balaban J connectivity index is 2.34. The number of carbonyl (C=O) groups excluding carboxylic acids is 1. The Kier molecular flexibility index (Phi) is 5.51. The summed E-state index contributed by atoms with van der Waals surface area (Å²) in [6, 6.07) is 5.18. The molecule has 8 heteroatoms. The van der Waals surface area contributed by atoms with Crippen molar-refractivity contribution < 1.29 is 9.53 Å². The first-order valence-electron chi connectivity index (χ1n) is 6.55. The molecule has 1 amide bonds. The summed E-state index contributed by atoms with van der Waals surface area (Å²) in [6.45, 7) is 1.98. The molecule has 1 N–H and O–H groups in total. The first-order chi connectivity index (χ1) is 10.5. The molecule has 0 bridgehead atoms. The van der Waals surface area contributed by atoms with Crippen molar-refractivity contribution in [2.24, 2.45) is 9.98 Å². The summed E-state index contributed by atoms with van der Waals surface area (Å²) < 4.78 is 4.54. The van der Waals surface area contributed by atoms with Crippen LogP contribution in [0.4, 0.5) is 10.6 Å². The van der Waals surface area contributed by atoms with E-state index in [9.17, 15) is 4.79 Å². The molecule has 1 aromatic heterocycles. The highest BCUT2D eigenvalue weighted by Gasteiger charge is 2.16. The standard InChI is InChI=1S/C14H14Cl2N4O2/c1-3-8-7-10(18-13(16)20-12(8)15)9-5-4-6-11(17-9)19-14(21)22-2/h4-6H,3,7H2,1-2H3,(H,17,19,21). The third-order valence-corrected chi connectivity index (χ3v) is 3.50. The Hall–Kier alpha value is -1.92. The Labute approximate surface area is 137 Å². The maximum absolute atomic E-state index is 11.2. The molecule has 0 aromatic carbocycles. The molecular formula is C14H14Cl2N4O2. The fraction of sp³-hybridized carbons (Fsp3) is 0.286. The molecule has 0 radical (unpaired) electrons. The van der Waals surface area contributed by atoms with E-state index in [1.807, 2.05) is 6.92 Å². The van der Waals surface area contributed by atoms with Gasteiger partial charge in [0.25, 0.3) is 0 Å². The number of aromatic nitrogens is 1. The van der Waals surface area contributed by atoms with Crippen molar-refractivity contribution in [3.05, 3.63) is 34.6 Å². The molecule has 0 fully saturated rings. The molecule has 0 unspecified atom stereocenters. The van der Waals surface area contributed by atoms with E-state index in [1.165, 1.54) is 7.11 Å². The van der Waals surface area contributed by atoms with Crippen LogP contribution in [0, 0.1) is 0 Å². The molecule has 2 rings (SSSR count). The lowest BCUT2D eigenvalue weighted by molar-refractivity contribution is 0.187. The van der Waals surface area contributed by atoms with Crippen LogP contribution in [0.25, 0.3) is 0 Å². The van der Waals surface area contributed by atoms with Crippen LogP contribution in [0.1, 0.15) is 25.5 Å². The van der Waals surface area contributed by atoms with E-state index in [0.29, 0.717) is 28.8 Å². The minimum absolute atomic E-state index is 0.0524. The zero-order valence-corrected chi connectivity index (χ0v) is 13.6. The average Bonchev–Trinajstić information content (AvgIpc) is 2.65. The number of halogens is 2. The van der Waals surface area contributed by atoms with Gasteiger partial charge in [-0.05, 0) is 35.7 Å². The predicted octanol–water partition coefficient (Wildman–Crippen LogP) is 3.91. The molecule has 1 aliphatic heterocycles. The summed E-state index contributed by atoms with van der Waals surface area (Å²) in [4.78, 5) is 23.8. The Morgan fingerprint density at radius 3 is 2.82 bits per heavy atom. The zero-order valence-electron chi connectivity index (χ0n) is 12.1. The largest absolute Gasteiger partial charge is 0.453 e. The van der Waals surface area contributed by atoms with Gasteiger partial charge in [-0.15, -0.1) is 0 Å².